The van der Waals surface area contributed by atoms with Gasteiger partial charge >= 0.3 is 0 Å². The summed E-state index contributed by atoms with van der Waals surface area (Å²) in [6, 6.07) is 13.9. The first-order chi connectivity index (χ1) is 15.6. The van der Waals surface area contributed by atoms with E-state index in [0.29, 0.717) is 24.9 Å². The third-order valence-electron chi connectivity index (χ3n) is 5.52. The minimum absolute atomic E-state index is 0. The van der Waals surface area contributed by atoms with Crippen molar-refractivity contribution in [2.24, 2.45) is 4.99 Å². The third-order valence-corrected chi connectivity index (χ3v) is 5.52. The van der Waals surface area contributed by atoms with Crippen LogP contribution in [0, 0.1) is 11.6 Å². The van der Waals surface area contributed by atoms with E-state index >= 15 is 0 Å². The molecule has 9 heteroatoms. The normalized spacial score (nSPS) is 16.8. The van der Waals surface area contributed by atoms with E-state index in [1.165, 1.54) is 18.2 Å². The molecule has 2 heterocycles. The van der Waals surface area contributed by atoms with Crippen molar-refractivity contribution in [2.75, 3.05) is 20.1 Å². The van der Waals surface area contributed by atoms with Crippen molar-refractivity contribution in [3.05, 3.63) is 77.7 Å². The number of piperidine rings is 1. The lowest BCUT2D eigenvalue weighted by atomic mass is 10.0. The molecule has 0 amide bonds. The number of oxazole rings is 1. The number of aliphatic imine (C=N–C) groups is 1. The molecule has 0 saturated carbocycles. The van der Waals surface area contributed by atoms with Crippen LogP contribution in [0.1, 0.15) is 24.1 Å². The van der Waals surface area contributed by atoms with Crippen molar-refractivity contribution in [3.63, 3.8) is 0 Å². The number of likely N-dealkylation sites (tertiary alicyclic amines) is 1. The van der Waals surface area contributed by atoms with E-state index in [0.717, 1.165) is 30.6 Å². The van der Waals surface area contributed by atoms with Crippen molar-refractivity contribution < 1.29 is 13.2 Å². The van der Waals surface area contributed by atoms with Crippen LogP contribution in [0.2, 0.25) is 0 Å². The SMILES string of the molecule is CN=C(NCc1coc(-c2ccccc2)n1)NC1CCCN(Cc2c(F)cccc2F)C1.I. The largest absolute Gasteiger partial charge is 0.444 e. The Bertz CT molecular complexity index is 1040. The van der Waals surface area contributed by atoms with Crippen LogP contribution in [0.15, 0.2) is 64.2 Å². The zero-order valence-corrected chi connectivity index (χ0v) is 20.8. The molecule has 2 aromatic carbocycles. The Kier molecular flexibility index (Phi) is 9.19. The average Bonchev–Trinajstić information content (AvgIpc) is 3.29. The molecule has 1 unspecified atom stereocenters. The van der Waals surface area contributed by atoms with Crippen LogP contribution in [0.5, 0.6) is 0 Å². The van der Waals surface area contributed by atoms with Gasteiger partial charge in [-0.2, -0.15) is 0 Å². The number of halogens is 3. The molecule has 1 fully saturated rings. The number of hydrogen-bond donors (Lipinski definition) is 2. The monoisotopic (exact) mass is 567 g/mol. The summed E-state index contributed by atoms with van der Waals surface area (Å²) in [6.07, 6.45) is 3.53. The van der Waals surface area contributed by atoms with Crippen molar-refractivity contribution in [1.29, 1.82) is 0 Å². The Morgan fingerprint density at radius 2 is 1.91 bits per heavy atom. The van der Waals surface area contributed by atoms with Gasteiger partial charge in [0.05, 0.1) is 12.2 Å². The molecule has 4 rings (SSSR count). The molecule has 0 aliphatic carbocycles. The topological polar surface area (TPSA) is 65.7 Å². The highest BCUT2D eigenvalue weighted by atomic mass is 127. The van der Waals surface area contributed by atoms with Crippen molar-refractivity contribution in [1.82, 2.24) is 20.5 Å². The summed E-state index contributed by atoms with van der Waals surface area (Å²) in [7, 11) is 1.71. The molecule has 0 radical (unpaired) electrons. The van der Waals surface area contributed by atoms with E-state index in [1.54, 1.807) is 13.3 Å². The van der Waals surface area contributed by atoms with Gasteiger partial charge in [0.2, 0.25) is 5.89 Å². The first-order valence-corrected chi connectivity index (χ1v) is 10.7. The van der Waals surface area contributed by atoms with E-state index in [1.807, 2.05) is 30.3 Å². The lowest BCUT2D eigenvalue weighted by Gasteiger charge is -2.34. The lowest BCUT2D eigenvalue weighted by molar-refractivity contribution is 0.188. The van der Waals surface area contributed by atoms with E-state index in [4.69, 9.17) is 4.42 Å². The number of nitrogens with one attached hydrogen (secondary N) is 2. The van der Waals surface area contributed by atoms with Gasteiger partial charge in [-0.3, -0.25) is 9.89 Å². The van der Waals surface area contributed by atoms with Crippen LogP contribution in [-0.2, 0) is 13.1 Å². The van der Waals surface area contributed by atoms with E-state index in [9.17, 15) is 8.78 Å². The molecule has 176 valence electrons. The number of nitrogens with zero attached hydrogens (tertiary/aromatic N) is 3. The van der Waals surface area contributed by atoms with Crippen LogP contribution in [0.4, 0.5) is 8.78 Å². The first-order valence-electron chi connectivity index (χ1n) is 10.7. The van der Waals surface area contributed by atoms with E-state index in [2.05, 4.69) is 25.5 Å². The maximum absolute atomic E-state index is 14.0. The van der Waals surface area contributed by atoms with Crippen molar-refractivity contribution in [3.8, 4) is 11.5 Å². The van der Waals surface area contributed by atoms with Crippen LogP contribution in [-0.4, -0.2) is 42.0 Å². The Morgan fingerprint density at radius 3 is 2.64 bits per heavy atom. The second kappa shape index (κ2) is 12.1. The molecular weight excluding hydrogens is 539 g/mol. The van der Waals surface area contributed by atoms with Crippen LogP contribution in [0.3, 0.4) is 0 Å². The fourth-order valence-corrected chi connectivity index (χ4v) is 3.89. The summed E-state index contributed by atoms with van der Waals surface area (Å²) in [5.74, 6) is 0.229. The average molecular weight is 567 g/mol. The first kappa shape index (κ1) is 25.1. The maximum Gasteiger partial charge on any atom is 0.226 e. The predicted octanol–water partition coefficient (Wildman–Crippen LogP) is 4.57. The van der Waals surface area contributed by atoms with Gasteiger partial charge in [-0.1, -0.05) is 24.3 Å². The van der Waals surface area contributed by atoms with Crippen LogP contribution in [0.25, 0.3) is 11.5 Å². The maximum atomic E-state index is 14.0. The van der Waals surface area contributed by atoms with Gasteiger partial charge in [-0.05, 0) is 43.7 Å². The Labute approximate surface area is 209 Å². The molecule has 0 spiro atoms. The lowest BCUT2D eigenvalue weighted by Crippen LogP contribution is -2.50. The van der Waals surface area contributed by atoms with Crippen LogP contribution >= 0.6 is 24.0 Å². The molecule has 2 N–H and O–H groups in total. The second-order valence-electron chi connectivity index (χ2n) is 7.85. The Balaban J connectivity index is 0.00000306. The van der Waals surface area contributed by atoms with Crippen LogP contribution < -0.4 is 10.6 Å². The molecule has 33 heavy (non-hydrogen) atoms. The molecule has 1 aliphatic rings. The van der Waals surface area contributed by atoms with Gasteiger partial charge in [0.15, 0.2) is 5.96 Å². The van der Waals surface area contributed by atoms with E-state index in [-0.39, 0.29) is 42.1 Å². The van der Waals surface area contributed by atoms with Gasteiger partial charge < -0.3 is 15.1 Å². The van der Waals surface area contributed by atoms with Gasteiger partial charge in [0.25, 0.3) is 0 Å². The quantitative estimate of drug-likeness (QED) is 0.260. The zero-order valence-electron chi connectivity index (χ0n) is 18.4. The minimum atomic E-state index is -0.500. The molecule has 1 aliphatic heterocycles. The van der Waals surface area contributed by atoms with E-state index < -0.39 is 11.6 Å². The number of aromatic nitrogens is 1. The summed E-state index contributed by atoms with van der Waals surface area (Å²) in [6.45, 7) is 2.20. The summed E-state index contributed by atoms with van der Waals surface area (Å²) >= 11 is 0. The molecule has 0 bridgehead atoms. The minimum Gasteiger partial charge on any atom is -0.444 e. The number of rotatable bonds is 6. The molecule has 3 aromatic rings. The predicted molar refractivity (Wildman–Crippen MR) is 135 cm³/mol. The summed E-state index contributed by atoms with van der Waals surface area (Å²) in [5, 5.41) is 6.67. The number of guanidine groups is 1. The summed E-state index contributed by atoms with van der Waals surface area (Å²) in [5.41, 5.74) is 1.82. The highest BCUT2D eigenvalue weighted by Crippen LogP contribution is 2.19. The number of benzene rings is 2. The summed E-state index contributed by atoms with van der Waals surface area (Å²) < 4.78 is 33.6. The molecule has 6 nitrogen and oxygen atoms in total. The van der Waals surface area contributed by atoms with Crippen molar-refractivity contribution >= 4 is 29.9 Å². The molecule has 1 atom stereocenters. The van der Waals surface area contributed by atoms with Gasteiger partial charge in [0, 0.05) is 37.3 Å². The second-order valence-corrected chi connectivity index (χ2v) is 7.85. The smallest absolute Gasteiger partial charge is 0.226 e. The standard InChI is InChI=1S/C24H27F2N5O.HI/c1-27-24(28-13-19-16-32-23(29-19)17-7-3-2-4-8-17)30-18-9-6-12-31(14-18)15-20-21(25)10-5-11-22(20)26;/h2-5,7-8,10-11,16,18H,6,9,12-15H2,1H3,(H2,27,28,30);1H. The zero-order chi connectivity index (χ0) is 22.3. The number of hydrogen-bond acceptors (Lipinski definition) is 4. The molecular formula is C24H28F2IN5O. The van der Waals surface area contributed by atoms with Gasteiger partial charge in [-0.15, -0.1) is 24.0 Å². The highest BCUT2D eigenvalue weighted by molar-refractivity contribution is 14.0. The Morgan fingerprint density at radius 1 is 1.15 bits per heavy atom. The Hall–Kier alpha value is -2.53. The summed E-state index contributed by atoms with van der Waals surface area (Å²) in [4.78, 5) is 10.9. The highest BCUT2D eigenvalue weighted by Gasteiger charge is 2.23. The van der Waals surface area contributed by atoms with Crippen molar-refractivity contribution in [2.45, 2.75) is 32.0 Å². The van der Waals surface area contributed by atoms with Gasteiger partial charge in [-0.25, -0.2) is 13.8 Å². The molecule has 1 aromatic heterocycles. The molecule has 1 saturated heterocycles. The third kappa shape index (κ3) is 6.73. The fraction of sp³-hybridized carbons (Fsp3) is 0.333. The fourth-order valence-electron chi connectivity index (χ4n) is 3.89. The van der Waals surface area contributed by atoms with Gasteiger partial charge in [0.1, 0.15) is 17.9 Å².